The number of rotatable bonds is 3. The average molecular weight is 588 g/mol. The van der Waals surface area contributed by atoms with Crippen molar-refractivity contribution in [2.75, 3.05) is 11.9 Å². The Balaban J connectivity index is 0.000000210. The van der Waals surface area contributed by atoms with E-state index >= 15 is 0 Å². The van der Waals surface area contributed by atoms with E-state index in [2.05, 4.69) is 59.0 Å². The molecule has 0 radical (unpaired) electrons. The molecule has 0 aliphatic carbocycles. The smallest absolute Gasteiger partial charge is 0.124 e. The van der Waals surface area contributed by atoms with Crippen molar-refractivity contribution >= 4 is 51.2 Å². The second-order valence-electron chi connectivity index (χ2n) is 7.73. The maximum Gasteiger partial charge on any atom is 0.124 e. The van der Waals surface area contributed by atoms with E-state index in [0.717, 1.165) is 22.9 Å². The summed E-state index contributed by atoms with van der Waals surface area (Å²) in [4.78, 5) is 1.90. The first-order chi connectivity index (χ1) is 16.2. The Hall–Kier alpha value is -2.89. The molecule has 0 N–H and O–H groups in total. The minimum absolute atomic E-state index is 0.178. The van der Waals surface area contributed by atoms with Gasteiger partial charge in [-0.2, -0.15) is 0 Å². The van der Waals surface area contributed by atoms with Crippen LogP contribution in [0.3, 0.4) is 0 Å². The standard InChI is InChI=1S/C19H17N2OTe.C7H8O3S/c1-20-14-8-3-5-10-16(14)22-18(20)12-7-13-19-21(2)15-9-4-6-11-17(15)23-19;1-6-2-4-7(5-3-6)11(8,9)10/h3-13H,1-2H3;2-5H,1H3,(H,8,9,10)/q+1;/p-1. The molecule has 1 aliphatic heterocycles. The number of benzene rings is 3. The number of fused-ring (bicyclic) bond motifs is 2. The molecule has 0 atom stereocenters. The van der Waals surface area contributed by atoms with E-state index in [4.69, 9.17) is 4.74 Å². The number of para-hydroxylation sites is 3. The van der Waals surface area contributed by atoms with Crippen LogP contribution >= 0.6 is 0 Å². The molecule has 4 aromatic rings. The van der Waals surface area contributed by atoms with Crippen LogP contribution in [0.2, 0.25) is 0 Å². The third kappa shape index (κ3) is 5.43. The molecule has 5 rings (SSSR count). The molecule has 2 heterocycles. The molecule has 34 heavy (non-hydrogen) atoms. The summed E-state index contributed by atoms with van der Waals surface area (Å²) < 4.78 is 42.3. The van der Waals surface area contributed by atoms with Gasteiger partial charge in [0.1, 0.15) is 10.1 Å². The minimum atomic E-state index is -4.27. The third-order valence-corrected chi connectivity index (χ3v) is 9.56. The van der Waals surface area contributed by atoms with Crippen LogP contribution in [0.4, 0.5) is 5.69 Å². The van der Waals surface area contributed by atoms with Gasteiger partial charge < -0.3 is 4.55 Å². The molecule has 0 bridgehead atoms. The molecule has 6 nitrogen and oxygen atoms in total. The summed E-state index contributed by atoms with van der Waals surface area (Å²) in [7, 11) is -0.0872. The van der Waals surface area contributed by atoms with Crippen LogP contribution in [0.1, 0.15) is 9.27 Å². The van der Waals surface area contributed by atoms with Crippen molar-refractivity contribution in [3.8, 4) is 5.75 Å². The van der Waals surface area contributed by atoms with Crippen LogP contribution in [-0.2, 0) is 17.2 Å². The Kier molecular flexibility index (Phi) is 7.24. The molecule has 1 aliphatic rings. The van der Waals surface area contributed by atoms with Gasteiger partial charge in [-0.25, -0.2) is 8.42 Å². The van der Waals surface area contributed by atoms with Gasteiger partial charge in [-0.1, -0.05) is 17.7 Å². The van der Waals surface area contributed by atoms with Crippen molar-refractivity contribution in [3.05, 3.63) is 100 Å². The largest absolute Gasteiger partial charge is 0.744 e. The van der Waals surface area contributed by atoms with E-state index in [0.29, 0.717) is 0 Å². The fourth-order valence-corrected chi connectivity index (χ4v) is 6.95. The van der Waals surface area contributed by atoms with Gasteiger partial charge in [0.25, 0.3) is 0 Å². The summed E-state index contributed by atoms with van der Waals surface area (Å²) in [5.74, 6) is 1.78. The maximum atomic E-state index is 10.4. The van der Waals surface area contributed by atoms with Crippen LogP contribution in [0.5, 0.6) is 5.75 Å². The SMILES string of the molecule is CN1/C(=C/C=C/c2[te]c3ccccc3[n+]2C)Oc2ccccc21.Cc1ccc(S(=O)(=O)[O-])cc1. The maximum absolute atomic E-state index is 10.4. The summed E-state index contributed by atoms with van der Waals surface area (Å²) in [6, 6.07) is 22.6. The fraction of sp³-hybridized carbons (Fsp3) is 0.115. The van der Waals surface area contributed by atoms with Gasteiger partial charge in [-0.05, 0) is 19.1 Å². The van der Waals surface area contributed by atoms with Gasteiger partial charge in [0, 0.05) is 0 Å². The van der Waals surface area contributed by atoms with Crippen LogP contribution in [0, 0.1) is 6.92 Å². The Morgan fingerprint density at radius 2 is 1.68 bits per heavy atom. The van der Waals surface area contributed by atoms with Gasteiger partial charge in [0.15, 0.2) is 0 Å². The molecule has 0 amide bonds. The van der Waals surface area contributed by atoms with E-state index < -0.39 is 10.1 Å². The normalized spacial score (nSPS) is 14.2. The van der Waals surface area contributed by atoms with Crippen molar-refractivity contribution in [2.45, 2.75) is 11.8 Å². The number of hydrogen-bond donors (Lipinski definition) is 0. The monoisotopic (exact) mass is 590 g/mol. The molecule has 0 fully saturated rings. The topological polar surface area (TPSA) is 73.5 Å². The van der Waals surface area contributed by atoms with Gasteiger partial charge in [0.05, 0.1) is 4.90 Å². The quantitative estimate of drug-likeness (QED) is 0.206. The summed E-state index contributed by atoms with van der Waals surface area (Å²) in [6.45, 7) is 1.82. The van der Waals surface area contributed by atoms with Gasteiger partial charge in [0.2, 0.25) is 0 Å². The second kappa shape index (κ2) is 10.2. The van der Waals surface area contributed by atoms with E-state index in [9.17, 15) is 13.0 Å². The van der Waals surface area contributed by atoms with E-state index in [-0.39, 0.29) is 25.3 Å². The van der Waals surface area contributed by atoms with Crippen LogP contribution in [0.15, 0.2) is 95.7 Å². The zero-order chi connectivity index (χ0) is 24.3. The molecular weight excluding hydrogens is 564 g/mol. The third-order valence-electron chi connectivity index (χ3n) is 5.33. The van der Waals surface area contributed by atoms with Crippen molar-refractivity contribution in [1.82, 2.24) is 0 Å². The first kappa shape index (κ1) is 24.2. The average Bonchev–Trinajstić information content (AvgIpc) is 3.31. The molecule has 174 valence electrons. The first-order valence-corrected chi connectivity index (χ1v) is 14.3. The summed E-state index contributed by atoms with van der Waals surface area (Å²) >= 11 is -0.291. The predicted octanol–water partition coefficient (Wildman–Crippen LogP) is 4.00. The number of hydrogen-bond acceptors (Lipinski definition) is 5. The summed E-state index contributed by atoms with van der Waals surface area (Å²) in [5.41, 5.74) is 3.39. The zero-order valence-corrected chi connectivity index (χ0v) is 22.2. The molecule has 0 saturated carbocycles. The number of allylic oxidation sites excluding steroid dienone is 2. The molecule has 0 spiro atoms. The summed E-state index contributed by atoms with van der Waals surface area (Å²) in [6.07, 6.45) is 6.35. The van der Waals surface area contributed by atoms with Crippen LogP contribution in [-0.4, -0.2) is 40.4 Å². The molecule has 1 aromatic heterocycles. The Morgan fingerprint density at radius 3 is 2.35 bits per heavy atom. The second-order valence-corrected chi connectivity index (χ2v) is 12.1. The molecule has 8 heteroatoms. The van der Waals surface area contributed by atoms with Crippen molar-refractivity contribution in [3.63, 3.8) is 0 Å². The van der Waals surface area contributed by atoms with E-state index in [1.807, 2.05) is 38.2 Å². The Morgan fingerprint density at radius 1 is 1.00 bits per heavy atom. The van der Waals surface area contributed by atoms with Crippen LogP contribution < -0.4 is 14.2 Å². The Labute approximate surface area is 209 Å². The first-order valence-electron chi connectivity index (χ1n) is 10.5. The number of aryl methyl sites for hydroxylation is 2. The summed E-state index contributed by atoms with van der Waals surface area (Å²) in [5, 5.41) is 0. The number of nitrogens with zero attached hydrogens (tertiary/aromatic N) is 2. The van der Waals surface area contributed by atoms with Gasteiger partial charge in [-0.15, -0.1) is 0 Å². The number of ether oxygens (including phenoxy) is 1. The minimum Gasteiger partial charge on any atom is -0.744 e. The fourth-order valence-electron chi connectivity index (χ4n) is 3.45. The molecule has 3 aromatic carbocycles. The van der Waals surface area contributed by atoms with Crippen LogP contribution in [0.25, 0.3) is 15.0 Å². The Bertz CT molecular complexity index is 1490. The predicted molar refractivity (Wildman–Crippen MR) is 134 cm³/mol. The van der Waals surface area contributed by atoms with Gasteiger partial charge >= 0.3 is 145 Å². The van der Waals surface area contributed by atoms with E-state index in [1.165, 1.54) is 24.8 Å². The number of aromatic nitrogens is 1. The van der Waals surface area contributed by atoms with E-state index in [1.54, 1.807) is 12.1 Å². The van der Waals surface area contributed by atoms with Gasteiger partial charge in [-0.3, -0.25) is 0 Å². The van der Waals surface area contributed by atoms with Crippen molar-refractivity contribution in [1.29, 1.82) is 0 Å². The molecule has 0 saturated heterocycles. The number of anilines is 1. The zero-order valence-electron chi connectivity index (χ0n) is 19.0. The molecular formula is C26H24N2O4STe. The molecule has 0 unspecified atom stereocenters. The van der Waals surface area contributed by atoms with Crippen molar-refractivity contribution < 1.29 is 22.3 Å². The van der Waals surface area contributed by atoms with Crippen molar-refractivity contribution in [2.24, 2.45) is 7.05 Å².